The zero-order valence-electron chi connectivity index (χ0n) is 11.8. The Morgan fingerprint density at radius 3 is 3.05 bits per heavy atom. The van der Waals surface area contributed by atoms with Crippen LogP contribution in [0.4, 0.5) is 0 Å². The van der Waals surface area contributed by atoms with E-state index in [1.807, 2.05) is 19.3 Å². The topological polar surface area (TPSA) is 48.1 Å². The molecule has 0 saturated heterocycles. The molecule has 1 aliphatic rings. The van der Waals surface area contributed by atoms with Crippen LogP contribution < -0.4 is 10.5 Å². The van der Waals surface area contributed by atoms with E-state index in [1.54, 1.807) is 0 Å². The Labute approximate surface area is 119 Å². The molecule has 3 rings (SSSR count). The van der Waals surface area contributed by atoms with Gasteiger partial charge in [-0.05, 0) is 48.1 Å². The van der Waals surface area contributed by atoms with Crippen LogP contribution in [0.15, 0.2) is 36.7 Å². The Bertz CT molecular complexity index is 610. The van der Waals surface area contributed by atoms with Crippen LogP contribution in [0.1, 0.15) is 34.7 Å². The number of fused-ring (bicyclic) bond motifs is 1. The summed E-state index contributed by atoms with van der Waals surface area (Å²) in [6, 6.07) is 8.65. The quantitative estimate of drug-likeness (QED) is 0.927. The van der Waals surface area contributed by atoms with E-state index < -0.39 is 0 Å². The number of benzene rings is 1. The van der Waals surface area contributed by atoms with Crippen LogP contribution in [0, 0.1) is 6.92 Å². The van der Waals surface area contributed by atoms with Crippen molar-refractivity contribution in [2.45, 2.75) is 32.2 Å². The maximum absolute atomic E-state index is 6.26. The van der Waals surface area contributed by atoms with Crippen molar-refractivity contribution < 1.29 is 4.74 Å². The second-order valence-electron chi connectivity index (χ2n) is 5.48. The lowest BCUT2D eigenvalue weighted by molar-refractivity contribution is 0.357. The molecule has 0 amide bonds. The molecule has 1 aromatic carbocycles. The van der Waals surface area contributed by atoms with Crippen molar-refractivity contribution in [3.05, 3.63) is 58.9 Å². The molecule has 2 aromatic rings. The fourth-order valence-corrected chi connectivity index (χ4v) is 2.67. The van der Waals surface area contributed by atoms with Crippen LogP contribution in [0.3, 0.4) is 0 Å². The molecule has 2 N–H and O–H groups in total. The third-order valence-electron chi connectivity index (χ3n) is 3.82. The summed E-state index contributed by atoms with van der Waals surface area (Å²) in [5.74, 6) is 1.04. The van der Waals surface area contributed by atoms with E-state index in [0.717, 1.165) is 42.7 Å². The lowest BCUT2D eigenvalue weighted by atomic mass is 9.99. The second kappa shape index (κ2) is 5.63. The van der Waals surface area contributed by atoms with E-state index in [2.05, 4.69) is 29.2 Å². The summed E-state index contributed by atoms with van der Waals surface area (Å²) in [5.41, 5.74) is 11.2. The van der Waals surface area contributed by atoms with Gasteiger partial charge in [0.25, 0.3) is 0 Å². The first kappa shape index (κ1) is 13.1. The molecule has 20 heavy (non-hydrogen) atoms. The van der Waals surface area contributed by atoms with E-state index in [9.17, 15) is 0 Å². The van der Waals surface area contributed by atoms with Crippen molar-refractivity contribution >= 4 is 0 Å². The SMILES string of the molecule is Cc1cncc(C(N)CCc2ccc3c(c2)CCO3)c1. The summed E-state index contributed by atoms with van der Waals surface area (Å²) in [6.45, 7) is 2.86. The fraction of sp³-hybridized carbons (Fsp3) is 0.353. The predicted octanol–water partition coefficient (Wildman–Crippen LogP) is 2.96. The molecule has 0 radical (unpaired) electrons. The number of hydrogen-bond acceptors (Lipinski definition) is 3. The average molecular weight is 268 g/mol. The number of rotatable bonds is 4. The maximum atomic E-state index is 6.26. The molecule has 0 fully saturated rings. The summed E-state index contributed by atoms with van der Waals surface area (Å²) < 4.78 is 5.53. The molecule has 0 aliphatic carbocycles. The van der Waals surface area contributed by atoms with Crippen molar-refractivity contribution in [1.82, 2.24) is 4.98 Å². The highest BCUT2D eigenvalue weighted by atomic mass is 16.5. The number of ether oxygens (including phenoxy) is 1. The van der Waals surface area contributed by atoms with Gasteiger partial charge in [0.2, 0.25) is 0 Å². The summed E-state index contributed by atoms with van der Waals surface area (Å²) >= 11 is 0. The normalized spacial score (nSPS) is 14.7. The van der Waals surface area contributed by atoms with Gasteiger partial charge in [-0.25, -0.2) is 0 Å². The zero-order valence-corrected chi connectivity index (χ0v) is 11.8. The highest BCUT2D eigenvalue weighted by Crippen LogP contribution is 2.27. The molecule has 1 aliphatic heterocycles. The molecule has 0 saturated carbocycles. The van der Waals surface area contributed by atoms with E-state index in [4.69, 9.17) is 10.5 Å². The van der Waals surface area contributed by atoms with E-state index in [0.29, 0.717) is 0 Å². The van der Waals surface area contributed by atoms with Gasteiger partial charge < -0.3 is 10.5 Å². The Morgan fingerprint density at radius 2 is 2.20 bits per heavy atom. The number of hydrogen-bond donors (Lipinski definition) is 1. The maximum Gasteiger partial charge on any atom is 0.122 e. The minimum absolute atomic E-state index is 0.0481. The second-order valence-corrected chi connectivity index (χ2v) is 5.48. The van der Waals surface area contributed by atoms with Crippen molar-refractivity contribution in [3.63, 3.8) is 0 Å². The Hall–Kier alpha value is -1.87. The molecule has 1 unspecified atom stereocenters. The standard InChI is InChI=1S/C17H20N2O/c1-12-8-15(11-19-10-12)16(18)4-2-13-3-5-17-14(9-13)6-7-20-17/h3,5,8-11,16H,2,4,6-7,18H2,1H3. The summed E-state index contributed by atoms with van der Waals surface area (Å²) in [7, 11) is 0. The predicted molar refractivity (Wildman–Crippen MR) is 79.9 cm³/mol. The number of aryl methyl sites for hydroxylation is 2. The third kappa shape index (κ3) is 2.83. The van der Waals surface area contributed by atoms with E-state index in [1.165, 1.54) is 11.1 Å². The van der Waals surface area contributed by atoms with Gasteiger partial charge in [0.1, 0.15) is 5.75 Å². The number of nitrogens with zero attached hydrogens (tertiary/aromatic N) is 1. The minimum Gasteiger partial charge on any atom is -0.493 e. The lowest BCUT2D eigenvalue weighted by Gasteiger charge is -2.12. The van der Waals surface area contributed by atoms with Gasteiger partial charge >= 0.3 is 0 Å². The van der Waals surface area contributed by atoms with Crippen LogP contribution in [0.2, 0.25) is 0 Å². The van der Waals surface area contributed by atoms with Gasteiger partial charge in [0.15, 0.2) is 0 Å². The minimum atomic E-state index is 0.0481. The molecular formula is C17H20N2O. The van der Waals surface area contributed by atoms with Gasteiger partial charge in [-0.2, -0.15) is 0 Å². The average Bonchev–Trinajstić information content (AvgIpc) is 2.92. The Kier molecular flexibility index (Phi) is 3.70. The molecule has 3 heteroatoms. The smallest absolute Gasteiger partial charge is 0.122 e. The molecule has 2 heterocycles. The van der Waals surface area contributed by atoms with Crippen LogP contribution in [0.5, 0.6) is 5.75 Å². The monoisotopic (exact) mass is 268 g/mol. The number of pyridine rings is 1. The molecular weight excluding hydrogens is 248 g/mol. The summed E-state index contributed by atoms with van der Waals surface area (Å²) in [5, 5.41) is 0. The van der Waals surface area contributed by atoms with Gasteiger partial charge in [-0.1, -0.05) is 18.2 Å². The van der Waals surface area contributed by atoms with Gasteiger partial charge in [0.05, 0.1) is 6.61 Å². The molecule has 104 valence electrons. The van der Waals surface area contributed by atoms with Gasteiger partial charge in [-0.3, -0.25) is 4.98 Å². The fourth-order valence-electron chi connectivity index (χ4n) is 2.67. The van der Waals surface area contributed by atoms with Gasteiger partial charge in [0, 0.05) is 24.9 Å². The van der Waals surface area contributed by atoms with Crippen LogP contribution >= 0.6 is 0 Å². The van der Waals surface area contributed by atoms with E-state index in [-0.39, 0.29) is 6.04 Å². The molecule has 3 nitrogen and oxygen atoms in total. The molecule has 1 atom stereocenters. The summed E-state index contributed by atoms with van der Waals surface area (Å²) in [4.78, 5) is 4.21. The van der Waals surface area contributed by atoms with Crippen molar-refractivity contribution in [2.75, 3.05) is 6.61 Å². The van der Waals surface area contributed by atoms with E-state index >= 15 is 0 Å². The van der Waals surface area contributed by atoms with Crippen molar-refractivity contribution in [2.24, 2.45) is 5.73 Å². The van der Waals surface area contributed by atoms with Crippen LogP contribution in [-0.4, -0.2) is 11.6 Å². The first-order valence-corrected chi connectivity index (χ1v) is 7.14. The Balaban J connectivity index is 1.64. The lowest BCUT2D eigenvalue weighted by Crippen LogP contribution is -2.11. The number of aromatic nitrogens is 1. The highest BCUT2D eigenvalue weighted by Gasteiger charge is 2.13. The third-order valence-corrected chi connectivity index (χ3v) is 3.82. The molecule has 0 spiro atoms. The summed E-state index contributed by atoms with van der Waals surface area (Å²) in [6.07, 6.45) is 6.68. The van der Waals surface area contributed by atoms with Crippen LogP contribution in [0.25, 0.3) is 0 Å². The largest absolute Gasteiger partial charge is 0.493 e. The van der Waals surface area contributed by atoms with Crippen LogP contribution in [-0.2, 0) is 12.8 Å². The highest BCUT2D eigenvalue weighted by molar-refractivity contribution is 5.39. The van der Waals surface area contributed by atoms with Crippen molar-refractivity contribution in [1.29, 1.82) is 0 Å². The van der Waals surface area contributed by atoms with Crippen molar-refractivity contribution in [3.8, 4) is 5.75 Å². The molecule has 1 aromatic heterocycles. The number of nitrogens with two attached hydrogens (primary N) is 1. The Morgan fingerprint density at radius 1 is 1.30 bits per heavy atom. The first-order chi connectivity index (χ1) is 9.72. The first-order valence-electron chi connectivity index (χ1n) is 7.14. The van der Waals surface area contributed by atoms with Gasteiger partial charge in [-0.15, -0.1) is 0 Å². The molecule has 0 bridgehead atoms. The zero-order chi connectivity index (χ0) is 13.9.